The van der Waals surface area contributed by atoms with Gasteiger partial charge in [0.15, 0.2) is 5.70 Å². The van der Waals surface area contributed by atoms with E-state index in [-0.39, 0.29) is 39.4 Å². The smallest absolute Gasteiger partial charge is 0.363 e. The minimum absolute atomic E-state index is 0.0797. The lowest BCUT2D eigenvalue weighted by atomic mass is 10.2. The third kappa shape index (κ3) is 5.00. The molecule has 0 unspecified atom stereocenters. The predicted octanol–water partition coefficient (Wildman–Crippen LogP) is 5.20. The Morgan fingerprint density at radius 3 is 2.14 bits per heavy atom. The van der Waals surface area contributed by atoms with Gasteiger partial charge < -0.3 is 9.47 Å². The molecule has 14 heteroatoms. The molecule has 0 aromatic heterocycles. The highest BCUT2D eigenvalue weighted by atomic mass is 35.5. The van der Waals surface area contributed by atoms with Crippen molar-refractivity contribution in [3.05, 3.63) is 113 Å². The fourth-order valence-electron chi connectivity index (χ4n) is 3.08. The molecule has 36 heavy (non-hydrogen) atoms. The van der Waals surface area contributed by atoms with E-state index in [4.69, 9.17) is 21.1 Å². The fourth-order valence-corrected chi connectivity index (χ4v) is 3.28. The Balaban J connectivity index is 1.57. The van der Waals surface area contributed by atoms with Crippen LogP contribution in [0.15, 0.2) is 71.4 Å². The van der Waals surface area contributed by atoms with Crippen LogP contribution in [-0.4, -0.2) is 26.6 Å². The molecule has 0 radical (unpaired) electrons. The van der Waals surface area contributed by atoms with E-state index in [0.29, 0.717) is 5.56 Å². The number of carbonyl (C=O) groups excluding carboxylic acids is 1. The SMILES string of the molecule is O=C1OC(c2cc([N+](=O)[O-])ccc2Cl)=N/C1=C\c1ccc(Oc2ccc([N+](=O)[O-])cc2[N+](=O)[O-])cc1. The molecule has 0 N–H and O–H groups in total. The summed E-state index contributed by atoms with van der Waals surface area (Å²) < 4.78 is 10.6. The Morgan fingerprint density at radius 1 is 0.861 bits per heavy atom. The van der Waals surface area contributed by atoms with Crippen molar-refractivity contribution in [2.24, 2.45) is 4.99 Å². The van der Waals surface area contributed by atoms with Gasteiger partial charge in [-0.3, -0.25) is 30.3 Å². The molecule has 0 fully saturated rings. The second kappa shape index (κ2) is 9.60. The van der Waals surface area contributed by atoms with Crippen molar-refractivity contribution in [2.75, 3.05) is 0 Å². The van der Waals surface area contributed by atoms with Crippen LogP contribution in [0.4, 0.5) is 17.1 Å². The van der Waals surface area contributed by atoms with E-state index < -0.39 is 32.1 Å². The maximum atomic E-state index is 12.3. The average molecular weight is 511 g/mol. The number of esters is 1. The van der Waals surface area contributed by atoms with E-state index in [1.807, 2.05) is 0 Å². The number of carbonyl (C=O) groups is 1. The minimum atomic E-state index is -0.797. The van der Waals surface area contributed by atoms with Crippen molar-refractivity contribution in [3.8, 4) is 11.5 Å². The summed E-state index contributed by atoms with van der Waals surface area (Å²) in [6, 6.07) is 12.6. The fraction of sp³-hybridized carbons (Fsp3) is 0. The van der Waals surface area contributed by atoms with E-state index in [2.05, 4.69) is 4.99 Å². The monoisotopic (exact) mass is 510 g/mol. The minimum Gasteiger partial charge on any atom is -0.450 e. The van der Waals surface area contributed by atoms with Crippen molar-refractivity contribution in [1.29, 1.82) is 0 Å². The summed E-state index contributed by atoms with van der Waals surface area (Å²) in [5, 5.41) is 33.3. The third-order valence-electron chi connectivity index (χ3n) is 4.77. The van der Waals surface area contributed by atoms with Gasteiger partial charge >= 0.3 is 11.7 Å². The summed E-state index contributed by atoms with van der Waals surface area (Å²) >= 11 is 6.07. The highest BCUT2D eigenvalue weighted by Crippen LogP contribution is 2.34. The zero-order chi connectivity index (χ0) is 26.0. The van der Waals surface area contributed by atoms with Gasteiger partial charge in [0.05, 0.1) is 31.4 Å². The number of nitrogens with zero attached hydrogens (tertiary/aromatic N) is 4. The average Bonchev–Trinajstić information content (AvgIpc) is 3.20. The molecule has 1 aliphatic heterocycles. The highest BCUT2D eigenvalue weighted by Gasteiger charge is 2.27. The maximum absolute atomic E-state index is 12.3. The summed E-state index contributed by atoms with van der Waals surface area (Å²) in [7, 11) is 0. The molecule has 0 amide bonds. The van der Waals surface area contributed by atoms with Crippen molar-refractivity contribution < 1.29 is 29.0 Å². The molecule has 0 aliphatic carbocycles. The summed E-state index contributed by atoms with van der Waals surface area (Å²) in [5.41, 5.74) is -0.808. The van der Waals surface area contributed by atoms with Crippen LogP contribution >= 0.6 is 11.6 Å². The normalized spacial score (nSPS) is 13.8. The Morgan fingerprint density at radius 2 is 1.50 bits per heavy atom. The lowest BCUT2D eigenvalue weighted by Gasteiger charge is -2.06. The third-order valence-corrected chi connectivity index (χ3v) is 5.10. The number of hydrogen-bond donors (Lipinski definition) is 0. The first kappa shape index (κ1) is 24.0. The van der Waals surface area contributed by atoms with E-state index in [0.717, 1.165) is 24.3 Å². The van der Waals surface area contributed by atoms with Gasteiger partial charge in [0.1, 0.15) is 5.75 Å². The second-order valence-electron chi connectivity index (χ2n) is 7.09. The van der Waals surface area contributed by atoms with Crippen LogP contribution < -0.4 is 4.74 Å². The summed E-state index contributed by atoms with van der Waals surface area (Å²) in [5.74, 6) is -0.991. The van der Waals surface area contributed by atoms with Gasteiger partial charge in [-0.1, -0.05) is 23.7 Å². The molecular formula is C22H11ClN4O9. The van der Waals surface area contributed by atoms with Crippen molar-refractivity contribution in [3.63, 3.8) is 0 Å². The molecule has 180 valence electrons. The Labute approximate surface area is 205 Å². The van der Waals surface area contributed by atoms with Gasteiger partial charge in [0.2, 0.25) is 11.6 Å². The van der Waals surface area contributed by atoms with Crippen LogP contribution in [0.5, 0.6) is 11.5 Å². The predicted molar refractivity (Wildman–Crippen MR) is 125 cm³/mol. The van der Waals surface area contributed by atoms with E-state index in [9.17, 15) is 35.1 Å². The molecule has 3 aromatic carbocycles. The largest absolute Gasteiger partial charge is 0.450 e. The summed E-state index contributed by atoms with van der Waals surface area (Å²) in [4.78, 5) is 47.3. The molecule has 3 aromatic rings. The lowest BCUT2D eigenvalue weighted by Crippen LogP contribution is -2.06. The molecule has 1 heterocycles. The number of non-ortho nitro benzene ring substituents is 2. The van der Waals surface area contributed by atoms with Gasteiger partial charge in [-0.05, 0) is 35.9 Å². The number of ether oxygens (including phenoxy) is 2. The standard InChI is InChI=1S/C22H11ClN4O9/c23-17-7-3-13(25(29)30)10-16(17)21-24-18(22(28)36-21)9-12-1-5-15(6-2-12)35-20-8-4-14(26(31)32)11-19(20)27(33)34/h1-11H/b18-9-. The van der Waals surface area contributed by atoms with Crippen LogP contribution in [0.1, 0.15) is 11.1 Å². The molecule has 0 bridgehead atoms. The van der Waals surface area contributed by atoms with Gasteiger partial charge in [0.25, 0.3) is 11.4 Å². The number of benzene rings is 3. The molecule has 1 aliphatic rings. The van der Waals surface area contributed by atoms with Crippen LogP contribution in [0.25, 0.3) is 6.08 Å². The van der Waals surface area contributed by atoms with Crippen LogP contribution in [0, 0.1) is 30.3 Å². The molecule has 0 atom stereocenters. The first-order valence-electron chi connectivity index (χ1n) is 9.80. The maximum Gasteiger partial charge on any atom is 0.363 e. The number of cyclic esters (lactones) is 1. The number of halogens is 1. The van der Waals surface area contributed by atoms with Gasteiger partial charge in [-0.2, -0.15) is 0 Å². The van der Waals surface area contributed by atoms with E-state index >= 15 is 0 Å². The summed E-state index contributed by atoms with van der Waals surface area (Å²) in [6.07, 6.45) is 1.39. The highest BCUT2D eigenvalue weighted by molar-refractivity contribution is 6.34. The first-order chi connectivity index (χ1) is 17.1. The zero-order valence-corrected chi connectivity index (χ0v) is 18.4. The molecule has 4 rings (SSSR count). The molecule has 0 spiro atoms. The van der Waals surface area contributed by atoms with Crippen molar-refractivity contribution in [2.45, 2.75) is 0 Å². The number of rotatable bonds is 7. The molecule has 13 nitrogen and oxygen atoms in total. The second-order valence-corrected chi connectivity index (χ2v) is 7.50. The van der Waals surface area contributed by atoms with Gasteiger partial charge in [0, 0.05) is 18.2 Å². The summed E-state index contributed by atoms with van der Waals surface area (Å²) in [6.45, 7) is 0. The first-order valence-corrected chi connectivity index (χ1v) is 10.2. The number of aliphatic imine (C=N–C) groups is 1. The Bertz CT molecular complexity index is 1500. The van der Waals surface area contributed by atoms with Gasteiger partial charge in [-0.25, -0.2) is 9.79 Å². The zero-order valence-electron chi connectivity index (χ0n) is 17.7. The topological polar surface area (TPSA) is 177 Å². The Hall–Kier alpha value is -5.17. The van der Waals surface area contributed by atoms with E-state index in [1.54, 1.807) is 0 Å². The molecule has 0 saturated heterocycles. The number of nitro groups is 3. The molecule has 0 saturated carbocycles. The van der Waals surface area contributed by atoms with Crippen LogP contribution in [0.2, 0.25) is 5.02 Å². The molecular weight excluding hydrogens is 500 g/mol. The quantitative estimate of drug-likeness (QED) is 0.179. The van der Waals surface area contributed by atoms with Gasteiger partial charge in [-0.15, -0.1) is 0 Å². The lowest BCUT2D eigenvalue weighted by molar-refractivity contribution is -0.394. The van der Waals surface area contributed by atoms with Crippen LogP contribution in [0.3, 0.4) is 0 Å². The Kier molecular flexibility index (Phi) is 6.39. The van der Waals surface area contributed by atoms with Crippen molar-refractivity contribution in [1.82, 2.24) is 0 Å². The van der Waals surface area contributed by atoms with E-state index in [1.165, 1.54) is 42.5 Å². The number of hydrogen-bond acceptors (Lipinski definition) is 10. The number of nitro benzene ring substituents is 3. The van der Waals surface area contributed by atoms with Crippen LogP contribution in [-0.2, 0) is 9.53 Å². The van der Waals surface area contributed by atoms with Crippen molar-refractivity contribution >= 4 is 46.6 Å².